The Hall–Kier alpha value is -1.03. The molecule has 4 heteroatoms. The van der Waals surface area contributed by atoms with Gasteiger partial charge in [-0.3, -0.25) is 0 Å². The van der Waals surface area contributed by atoms with Gasteiger partial charge in [0.25, 0.3) is 0 Å². The molecule has 2 N–H and O–H groups in total. The standard InChI is InChI=1S/C11H20N2O2/c1-3-7-15-11(14)13-6-4-5-9(2)10(13)8-12/h3,9-10H,1,4-8,12H2,2H3. The summed E-state index contributed by atoms with van der Waals surface area (Å²) >= 11 is 0. The van der Waals surface area contributed by atoms with Crippen LogP contribution in [-0.2, 0) is 4.74 Å². The van der Waals surface area contributed by atoms with Crippen molar-refractivity contribution in [2.75, 3.05) is 19.7 Å². The molecule has 1 heterocycles. The van der Waals surface area contributed by atoms with E-state index in [1.165, 1.54) is 0 Å². The highest BCUT2D eigenvalue weighted by molar-refractivity contribution is 5.68. The molecule has 4 nitrogen and oxygen atoms in total. The van der Waals surface area contributed by atoms with E-state index in [1.807, 2.05) is 0 Å². The van der Waals surface area contributed by atoms with Crippen LogP contribution in [0.15, 0.2) is 12.7 Å². The summed E-state index contributed by atoms with van der Waals surface area (Å²) in [5, 5.41) is 0. The Kier molecular flexibility index (Phi) is 4.62. The van der Waals surface area contributed by atoms with Crippen molar-refractivity contribution < 1.29 is 9.53 Å². The van der Waals surface area contributed by atoms with Crippen molar-refractivity contribution in [3.05, 3.63) is 12.7 Å². The third-order valence-corrected chi connectivity index (χ3v) is 2.92. The predicted molar refractivity (Wildman–Crippen MR) is 59.5 cm³/mol. The molecule has 0 aromatic rings. The van der Waals surface area contributed by atoms with E-state index in [4.69, 9.17) is 10.5 Å². The van der Waals surface area contributed by atoms with Crippen LogP contribution in [0.2, 0.25) is 0 Å². The first-order valence-corrected chi connectivity index (χ1v) is 5.45. The van der Waals surface area contributed by atoms with E-state index >= 15 is 0 Å². The van der Waals surface area contributed by atoms with Gasteiger partial charge in [0.1, 0.15) is 6.61 Å². The monoisotopic (exact) mass is 212 g/mol. The minimum Gasteiger partial charge on any atom is -0.445 e. The fraction of sp³-hybridized carbons (Fsp3) is 0.727. The number of likely N-dealkylation sites (tertiary alicyclic amines) is 1. The van der Waals surface area contributed by atoms with Crippen molar-refractivity contribution in [1.82, 2.24) is 4.90 Å². The number of nitrogens with zero attached hydrogens (tertiary/aromatic N) is 1. The van der Waals surface area contributed by atoms with Gasteiger partial charge in [-0.2, -0.15) is 0 Å². The Morgan fingerprint density at radius 1 is 1.73 bits per heavy atom. The first-order valence-electron chi connectivity index (χ1n) is 5.45. The maximum Gasteiger partial charge on any atom is 0.410 e. The lowest BCUT2D eigenvalue weighted by Crippen LogP contribution is -2.51. The van der Waals surface area contributed by atoms with Gasteiger partial charge in [-0.1, -0.05) is 19.6 Å². The molecular formula is C11H20N2O2. The van der Waals surface area contributed by atoms with E-state index < -0.39 is 0 Å². The average Bonchev–Trinajstić information content (AvgIpc) is 2.25. The number of piperidine rings is 1. The van der Waals surface area contributed by atoms with Gasteiger partial charge < -0.3 is 15.4 Å². The molecule has 1 rings (SSSR count). The Bertz CT molecular complexity index is 231. The molecule has 0 aliphatic carbocycles. The van der Waals surface area contributed by atoms with Crippen LogP contribution in [0.5, 0.6) is 0 Å². The molecule has 1 aliphatic rings. The van der Waals surface area contributed by atoms with Crippen molar-refractivity contribution in [3.8, 4) is 0 Å². The Balaban J connectivity index is 2.56. The van der Waals surface area contributed by atoms with Crippen LogP contribution in [0.1, 0.15) is 19.8 Å². The first kappa shape index (κ1) is 12.0. The highest BCUT2D eigenvalue weighted by Gasteiger charge is 2.31. The zero-order chi connectivity index (χ0) is 11.3. The van der Waals surface area contributed by atoms with Gasteiger partial charge in [-0.25, -0.2) is 4.79 Å². The molecule has 1 fully saturated rings. The topological polar surface area (TPSA) is 55.6 Å². The van der Waals surface area contributed by atoms with E-state index in [1.54, 1.807) is 11.0 Å². The summed E-state index contributed by atoms with van der Waals surface area (Å²) in [6, 6.07) is 0.121. The first-order chi connectivity index (χ1) is 7.20. The minimum absolute atomic E-state index is 0.121. The number of hydrogen-bond acceptors (Lipinski definition) is 3. The lowest BCUT2D eigenvalue weighted by atomic mass is 9.91. The second-order valence-electron chi connectivity index (χ2n) is 3.98. The van der Waals surface area contributed by atoms with Crippen LogP contribution < -0.4 is 5.73 Å². The van der Waals surface area contributed by atoms with Crippen molar-refractivity contribution in [3.63, 3.8) is 0 Å². The number of ether oxygens (including phenoxy) is 1. The highest BCUT2D eigenvalue weighted by Crippen LogP contribution is 2.23. The molecule has 86 valence electrons. The molecule has 2 atom stereocenters. The van der Waals surface area contributed by atoms with Gasteiger partial charge in [0.15, 0.2) is 0 Å². The lowest BCUT2D eigenvalue weighted by Gasteiger charge is -2.38. The van der Waals surface area contributed by atoms with Gasteiger partial charge in [0, 0.05) is 19.1 Å². The molecule has 1 amide bonds. The van der Waals surface area contributed by atoms with Gasteiger partial charge in [-0.15, -0.1) is 0 Å². The minimum atomic E-state index is -0.267. The fourth-order valence-electron chi connectivity index (χ4n) is 2.05. The molecule has 0 spiro atoms. The van der Waals surface area contributed by atoms with Crippen molar-refractivity contribution >= 4 is 6.09 Å². The lowest BCUT2D eigenvalue weighted by molar-refractivity contribution is 0.0652. The molecule has 0 aromatic carbocycles. The summed E-state index contributed by atoms with van der Waals surface area (Å²) in [6.45, 7) is 7.16. The average molecular weight is 212 g/mol. The van der Waals surface area contributed by atoms with Crippen LogP contribution >= 0.6 is 0 Å². The second kappa shape index (κ2) is 5.75. The number of carbonyl (C=O) groups excluding carboxylic acids is 1. The third-order valence-electron chi connectivity index (χ3n) is 2.92. The molecule has 0 radical (unpaired) electrons. The van der Waals surface area contributed by atoms with Crippen LogP contribution in [0.3, 0.4) is 0 Å². The molecule has 0 saturated carbocycles. The summed E-state index contributed by atoms with van der Waals surface area (Å²) in [4.78, 5) is 13.4. The third kappa shape index (κ3) is 2.96. The van der Waals surface area contributed by atoms with E-state index in [0.717, 1.165) is 19.4 Å². The number of carbonyl (C=O) groups is 1. The summed E-state index contributed by atoms with van der Waals surface area (Å²) in [5.74, 6) is 0.458. The van der Waals surface area contributed by atoms with Crippen molar-refractivity contribution in [1.29, 1.82) is 0 Å². The van der Waals surface area contributed by atoms with Gasteiger partial charge in [-0.05, 0) is 18.8 Å². The normalized spacial score (nSPS) is 26.1. The predicted octanol–water partition coefficient (Wildman–Crippen LogP) is 1.37. The fourth-order valence-corrected chi connectivity index (χ4v) is 2.05. The van der Waals surface area contributed by atoms with E-state index in [2.05, 4.69) is 13.5 Å². The smallest absolute Gasteiger partial charge is 0.410 e. The molecule has 1 saturated heterocycles. The van der Waals surface area contributed by atoms with Crippen LogP contribution in [-0.4, -0.2) is 36.7 Å². The number of rotatable bonds is 3. The molecule has 0 bridgehead atoms. The van der Waals surface area contributed by atoms with Crippen LogP contribution in [0.4, 0.5) is 4.79 Å². The number of amides is 1. The van der Waals surface area contributed by atoms with E-state index in [9.17, 15) is 4.79 Å². The summed E-state index contributed by atoms with van der Waals surface area (Å²) in [5.41, 5.74) is 5.68. The Labute approximate surface area is 91.1 Å². The molecule has 1 aliphatic heterocycles. The molecule has 15 heavy (non-hydrogen) atoms. The quantitative estimate of drug-likeness (QED) is 0.719. The highest BCUT2D eigenvalue weighted by atomic mass is 16.6. The number of nitrogens with two attached hydrogens (primary N) is 1. The van der Waals surface area contributed by atoms with E-state index in [-0.39, 0.29) is 18.7 Å². The summed E-state index contributed by atoms with van der Waals surface area (Å²) in [6.07, 6.45) is 3.47. The maximum atomic E-state index is 11.7. The Morgan fingerprint density at radius 2 is 2.47 bits per heavy atom. The zero-order valence-corrected chi connectivity index (χ0v) is 9.32. The van der Waals surface area contributed by atoms with Crippen LogP contribution in [0, 0.1) is 5.92 Å². The summed E-state index contributed by atoms with van der Waals surface area (Å²) < 4.78 is 5.02. The number of hydrogen-bond donors (Lipinski definition) is 1. The molecular weight excluding hydrogens is 192 g/mol. The Morgan fingerprint density at radius 3 is 3.07 bits per heavy atom. The molecule has 0 aromatic heterocycles. The van der Waals surface area contributed by atoms with Gasteiger partial charge >= 0.3 is 6.09 Å². The van der Waals surface area contributed by atoms with Gasteiger partial charge in [0.05, 0.1) is 0 Å². The second-order valence-corrected chi connectivity index (χ2v) is 3.98. The maximum absolute atomic E-state index is 11.7. The summed E-state index contributed by atoms with van der Waals surface area (Å²) in [7, 11) is 0. The van der Waals surface area contributed by atoms with Crippen molar-refractivity contribution in [2.24, 2.45) is 11.7 Å². The molecule has 2 unspecified atom stereocenters. The SMILES string of the molecule is C=CCOC(=O)N1CCCC(C)C1CN. The van der Waals surface area contributed by atoms with Crippen molar-refractivity contribution in [2.45, 2.75) is 25.8 Å². The zero-order valence-electron chi connectivity index (χ0n) is 9.32. The largest absolute Gasteiger partial charge is 0.445 e. The van der Waals surface area contributed by atoms with Crippen LogP contribution in [0.25, 0.3) is 0 Å². The van der Waals surface area contributed by atoms with Gasteiger partial charge in [0.2, 0.25) is 0 Å². The van der Waals surface area contributed by atoms with E-state index in [0.29, 0.717) is 12.5 Å².